The maximum atomic E-state index is 2.28. The van der Waals surface area contributed by atoms with Crippen LogP contribution in [0, 0.1) is 0 Å². The highest BCUT2D eigenvalue weighted by atomic mass is 15.0. The Hall–Kier alpha value is -0.820. The van der Waals surface area contributed by atoms with Crippen molar-refractivity contribution >= 4 is 0 Å². The van der Waals surface area contributed by atoms with Gasteiger partial charge in [-0.05, 0) is 31.6 Å². The van der Waals surface area contributed by atoms with Crippen molar-refractivity contribution in [1.82, 2.24) is 4.90 Å². The molecule has 0 aliphatic rings. The van der Waals surface area contributed by atoms with Gasteiger partial charge in [-0.2, -0.15) is 0 Å². The molecule has 0 aromatic heterocycles. The summed E-state index contributed by atoms with van der Waals surface area (Å²) in [7, 11) is 4.19. The average molecular weight is 193 g/mol. The Morgan fingerprint density at radius 3 is 2.14 bits per heavy atom. The molecule has 1 heteroatoms. The Morgan fingerprint density at radius 2 is 1.64 bits per heavy atom. The fourth-order valence-electron chi connectivity index (χ4n) is 1.31. The fraction of sp³-hybridized carbons (Fsp3) is 0.538. The second kappa shape index (κ2) is 7.57. The van der Waals surface area contributed by atoms with Gasteiger partial charge in [0.2, 0.25) is 0 Å². The molecule has 0 bridgehead atoms. The lowest BCUT2D eigenvalue weighted by Crippen LogP contribution is -2.10. The van der Waals surface area contributed by atoms with Crippen LogP contribution in [0.4, 0.5) is 0 Å². The van der Waals surface area contributed by atoms with Gasteiger partial charge in [-0.15, -0.1) is 0 Å². The fourth-order valence-corrected chi connectivity index (χ4v) is 1.31. The monoisotopic (exact) mass is 193 g/mol. The Labute approximate surface area is 88.8 Å². The largest absolute Gasteiger partial charge is 0.305 e. The van der Waals surface area contributed by atoms with Crippen molar-refractivity contribution in [3.8, 4) is 0 Å². The van der Waals surface area contributed by atoms with Crippen LogP contribution in [0.1, 0.15) is 31.9 Å². The van der Waals surface area contributed by atoms with E-state index in [0.29, 0.717) is 0 Å². The van der Waals surface area contributed by atoms with Crippen molar-refractivity contribution in [3.05, 3.63) is 35.4 Å². The summed E-state index contributed by atoms with van der Waals surface area (Å²) in [6.07, 6.45) is 1.13. The van der Waals surface area contributed by atoms with E-state index in [9.17, 15) is 0 Å². The number of hydrogen-bond donors (Lipinski definition) is 0. The van der Waals surface area contributed by atoms with Gasteiger partial charge in [0, 0.05) is 6.54 Å². The lowest BCUT2D eigenvalue weighted by molar-refractivity contribution is 0.402. The summed E-state index contributed by atoms with van der Waals surface area (Å²) in [5, 5.41) is 0. The first kappa shape index (κ1) is 13.2. The summed E-state index contributed by atoms with van der Waals surface area (Å²) >= 11 is 0. The van der Waals surface area contributed by atoms with Gasteiger partial charge < -0.3 is 4.90 Å². The quantitative estimate of drug-likeness (QED) is 0.711. The summed E-state index contributed by atoms with van der Waals surface area (Å²) in [5.41, 5.74) is 2.83. The summed E-state index contributed by atoms with van der Waals surface area (Å²) in [5.74, 6) is 0. The predicted octanol–water partition coefficient (Wildman–Crippen LogP) is 3.34. The molecule has 0 unspecified atom stereocenters. The van der Waals surface area contributed by atoms with E-state index in [-0.39, 0.29) is 0 Å². The third kappa shape index (κ3) is 5.03. The molecule has 0 aliphatic carbocycles. The number of aryl methyl sites for hydroxylation is 1. The predicted molar refractivity (Wildman–Crippen MR) is 64.6 cm³/mol. The first-order valence-corrected chi connectivity index (χ1v) is 5.45. The molecule has 0 spiro atoms. The molecule has 0 aliphatic heterocycles. The van der Waals surface area contributed by atoms with Gasteiger partial charge in [0.25, 0.3) is 0 Å². The molecule has 0 amide bonds. The maximum Gasteiger partial charge on any atom is 0.0227 e. The topological polar surface area (TPSA) is 3.24 Å². The highest BCUT2D eigenvalue weighted by Crippen LogP contribution is 2.06. The van der Waals surface area contributed by atoms with Crippen LogP contribution in [0.3, 0.4) is 0 Å². The molecule has 1 aromatic rings. The minimum atomic E-state index is 1.04. The zero-order chi connectivity index (χ0) is 11.0. The third-order valence-corrected chi connectivity index (χ3v) is 1.90. The van der Waals surface area contributed by atoms with Crippen LogP contribution in [-0.2, 0) is 13.0 Å². The molecule has 0 atom stereocenters. The Kier molecular flexibility index (Phi) is 7.13. The van der Waals surface area contributed by atoms with Gasteiger partial charge in [-0.25, -0.2) is 0 Å². The van der Waals surface area contributed by atoms with Crippen LogP contribution in [0.2, 0.25) is 0 Å². The summed E-state index contributed by atoms with van der Waals surface area (Å²) in [6.45, 7) is 7.22. The molecule has 80 valence electrons. The van der Waals surface area contributed by atoms with E-state index in [0.717, 1.165) is 13.0 Å². The van der Waals surface area contributed by atoms with E-state index in [2.05, 4.69) is 50.2 Å². The van der Waals surface area contributed by atoms with Crippen molar-refractivity contribution in [3.63, 3.8) is 0 Å². The van der Waals surface area contributed by atoms with Crippen LogP contribution in [0.15, 0.2) is 24.3 Å². The Morgan fingerprint density at radius 1 is 1.07 bits per heavy atom. The van der Waals surface area contributed by atoms with E-state index in [1.54, 1.807) is 0 Å². The van der Waals surface area contributed by atoms with Crippen LogP contribution in [0.5, 0.6) is 0 Å². The molecule has 14 heavy (non-hydrogen) atoms. The summed E-state index contributed by atoms with van der Waals surface area (Å²) in [4.78, 5) is 2.19. The van der Waals surface area contributed by atoms with Crippen LogP contribution < -0.4 is 0 Å². The molecule has 1 nitrogen and oxygen atoms in total. The number of rotatable bonds is 3. The van der Waals surface area contributed by atoms with E-state index in [1.165, 1.54) is 11.1 Å². The van der Waals surface area contributed by atoms with Crippen LogP contribution >= 0.6 is 0 Å². The van der Waals surface area contributed by atoms with Gasteiger partial charge in [-0.1, -0.05) is 45.0 Å². The third-order valence-electron chi connectivity index (χ3n) is 1.90. The van der Waals surface area contributed by atoms with Gasteiger partial charge in [0.05, 0.1) is 0 Å². The SMILES string of the molecule is CC.CCc1cccc(CN(C)C)c1. The lowest BCUT2D eigenvalue weighted by atomic mass is 10.1. The minimum Gasteiger partial charge on any atom is -0.305 e. The smallest absolute Gasteiger partial charge is 0.0227 e. The molecule has 1 aromatic carbocycles. The van der Waals surface area contributed by atoms with Crippen molar-refractivity contribution in [2.24, 2.45) is 0 Å². The Bertz CT molecular complexity index is 241. The van der Waals surface area contributed by atoms with Crippen molar-refractivity contribution < 1.29 is 0 Å². The number of hydrogen-bond acceptors (Lipinski definition) is 1. The van der Waals surface area contributed by atoms with Gasteiger partial charge in [0.1, 0.15) is 0 Å². The number of benzene rings is 1. The summed E-state index contributed by atoms with van der Waals surface area (Å²) < 4.78 is 0. The van der Waals surface area contributed by atoms with Crippen molar-refractivity contribution in [2.75, 3.05) is 14.1 Å². The molecule has 0 fully saturated rings. The summed E-state index contributed by atoms with van der Waals surface area (Å²) in [6, 6.07) is 8.77. The maximum absolute atomic E-state index is 2.28. The Balaban J connectivity index is 0.000000791. The molecule has 0 saturated heterocycles. The molecule has 1 rings (SSSR count). The molecule has 0 heterocycles. The number of nitrogens with zero attached hydrogens (tertiary/aromatic N) is 1. The second-order valence-electron chi connectivity index (χ2n) is 3.41. The highest BCUT2D eigenvalue weighted by Gasteiger charge is 1.95. The molecular formula is C13H23N. The highest BCUT2D eigenvalue weighted by molar-refractivity contribution is 5.23. The van der Waals surface area contributed by atoms with Gasteiger partial charge >= 0.3 is 0 Å². The normalized spacial score (nSPS) is 9.57. The van der Waals surface area contributed by atoms with Gasteiger partial charge in [-0.3, -0.25) is 0 Å². The second-order valence-corrected chi connectivity index (χ2v) is 3.41. The lowest BCUT2D eigenvalue weighted by Gasteiger charge is -2.10. The van der Waals surface area contributed by atoms with Crippen molar-refractivity contribution in [2.45, 2.75) is 33.7 Å². The van der Waals surface area contributed by atoms with Crippen LogP contribution in [-0.4, -0.2) is 19.0 Å². The minimum absolute atomic E-state index is 1.04. The molecule has 0 radical (unpaired) electrons. The van der Waals surface area contributed by atoms with E-state index in [4.69, 9.17) is 0 Å². The molecule has 0 N–H and O–H groups in total. The zero-order valence-electron chi connectivity index (χ0n) is 10.2. The van der Waals surface area contributed by atoms with E-state index in [1.807, 2.05) is 13.8 Å². The average Bonchev–Trinajstić information content (AvgIpc) is 2.20. The van der Waals surface area contributed by atoms with Gasteiger partial charge in [0.15, 0.2) is 0 Å². The van der Waals surface area contributed by atoms with E-state index >= 15 is 0 Å². The first-order valence-electron chi connectivity index (χ1n) is 5.45. The molecular weight excluding hydrogens is 170 g/mol. The van der Waals surface area contributed by atoms with E-state index < -0.39 is 0 Å². The van der Waals surface area contributed by atoms with Crippen LogP contribution in [0.25, 0.3) is 0 Å². The van der Waals surface area contributed by atoms with Crippen molar-refractivity contribution in [1.29, 1.82) is 0 Å². The first-order chi connectivity index (χ1) is 6.72. The zero-order valence-corrected chi connectivity index (χ0v) is 10.2. The standard InChI is InChI=1S/C11H17N.C2H6/c1-4-10-6-5-7-11(8-10)9-12(2)3;1-2/h5-8H,4,9H2,1-3H3;1-2H3. The molecule has 0 saturated carbocycles.